The van der Waals surface area contributed by atoms with Crippen LogP contribution in [0.1, 0.15) is 48.0 Å². The quantitative estimate of drug-likeness (QED) is 0.679. The lowest BCUT2D eigenvalue weighted by Crippen LogP contribution is -2.24. The van der Waals surface area contributed by atoms with E-state index in [0.717, 1.165) is 31.2 Å². The number of halogens is 1. The first-order valence-corrected chi connectivity index (χ1v) is 9.89. The zero-order valence-electron chi connectivity index (χ0n) is 15.9. The van der Waals surface area contributed by atoms with Gasteiger partial charge in [-0.2, -0.15) is 0 Å². The van der Waals surface area contributed by atoms with Crippen molar-refractivity contribution in [1.82, 2.24) is 0 Å². The van der Waals surface area contributed by atoms with Crippen LogP contribution < -0.4 is 10.1 Å². The van der Waals surface area contributed by atoms with Crippen LogP contribution in [0.15, 0.2) is 42.5 Å². The van der Waals surface area contributed by atoms with Crippen LogP contribution in [0.5, 0.6) is 5.75 Å². The Morgan fingerprint density at radius 1 is 1.07 bits per heavy atom. The van der Waals surface area contributed by atoms with E-state index in [1.54, 1.807) is 42.5 Å². The number of hydrogen-bond acceptors (Lipinski definition) is 4. The largest absolute Gasteiger partial charge is 0.482 e. The third-order valence-electron chi connectivity index (χ3n) is 4.84. The highest BCUT2D eigenvalue weighted by Gasteiger charge is 2.18. The maximum atomic E-state index is 12.4. The summed E-state index contributed by atoms with van der Waals surface area (Å²) >= 11 is 6.08. The fraction of sp³-hybridized carbons (Fsp3) is 0.364. The summed E-state index contributed by atoms with van der Waals surface area (Å²) < 4.78 is 10.9. The Bertz CT molecular complexity index is 829. The van der Waals surface area contributed by atoms with Gasteiger partial charge in [0, 0.05) is 16.3 Å². The van der Waals surface area contributed by atoms with Crippen LogP contribution in [0.3, 0.4) is 0 Å². The van der Waals surface area contributed by atoms with E-state index in [0.29, 0.717) is 22.0 Å². The van der Waals surface area contributed by atoms with E-state index in [1.165, 1.54) is 6.42 Å². The van der Waals surface area contributed by atoms with Crippen LogP contribution >= 0.6 is 11.6 Å². The molecule has 0 atom stereocenters. The number of carbonyl (C=O) groups excluding carboxylic acids is 2. The predicted molar refractivity (Wildman–Crippen MR) is 109 cm³/mol. The minimum atomic E-state index is -0.356. The molecule has 1 amide bonds. The van der Waals surface area contributed by atoms with Gasteiger partial charge in [0.1, 0.15) is 11.9 Å². The summed E-state index contributed by atoms with van der Waals surface area (Å²) in [6.45, 7) is 1.71. The van der Waals surface area contributed by atoms with Crippen molar-refractivity contribution < 1.29 is 19.1 Å². The summed E-state index contributed by atoms with van der Waals surface area (Å²) in [5.74, 6) is -0.0881. The highest BCUT2D eigenvalue weighted by Crippen LogP contribution is 2.24. The van der Waals surface area contributed by atoms with Crippen molar-refractivity contribution >= 4 is 29.2 Å². The highest BCUT2D eigenvalue weighted by molar-refractivity contribution is 6.31. The Labute approximate surface area is 170 Å². The summed E-state index contributed by atoms with van der Waals surface area (Å²) in [4.78, 5) is 24.3. The lowest BCUT2D eigenvalue weighted by Gasteiger charge is -2.21. The highest BCUT2D eigenvalue weighted by atomic mass is 35.5. The molecule has 0 heterocycles. The molecule has 1 fully saturated rings. The molecule has 3 rings (SSSR count). The Balaban J connectivity index is 1.50. The predicted octanol–water partition coefficient (Wildman–Crippen LogP) is 5.16. The van der Waals surface area contributed by atoms with Gasteiger partial charge in [-0.25, -0.2) is 4.79 Å². The third kappa shape index (κ3) is 5.49. The second kappa shape index (κ2) is 9.60. The SMILES string of the molecule is Cc1c(Cl)cccc1NC(=O)c1ccc(OCC(=O)OC2CCCCC2)cc1. The van der Waals surface area contributed by atoms with Gasteiger partial charge in [-0.3, -0.25) is 4.79 Å². The van der Waals surface area contributed by atoms with Crippen molar-refractivity contribution in [1.29, 1.82) is 0 Å². The minimum Gasteiger partial charge on any atom is -0.482 e. The molecule has 1 saturated carbocycles. The topological polar surface area (TPSA) is 64.6 Å². The first kappa shape index (κ1) is 20.2. The van der Waals surface area contributed by atoms with Gasteiger partial charge in [0.25, 0.3) is 5.91 Å². The van der Waals surface area contributed by atoms with Gasteiger partial charge in [-0.05, 0) is 74.6 Å². The van der Waals surface area contributed by atoms with Gasteiger partial charge in [0.2, 0.25) is 0 Å². The van der Waals surface area contributed by atoms with Gasteiger partial charge in [-0.1, -0.05) is 24.1 Å². The normalized spacial score (nSPS) is 14.4. The molecular weight excluding hydrogens is 378 g/mol. The molecule has 1 aliphatic rings. The summed E-state index contributed by atoms with van der Waals surface area (Å²) in [5, 5.41) is 3.44. The molecule has 0 aromatic heterocycles. The molecule has 0 radical (unpaired) electrons. The monoisotopic (exact) mass is 401 g/mol. The van der Waals surface area contributed by atoms with Crippen LogP contribution in [0.4, 0.5) is 5.69 Å². The van der Waals surface area contributed by atoms with Crippen molar-refractivity contribution in [2.45, 2.75) is 45.1 Å². The Kier molecular flexibility index (Phi) is 6.93. The summed E-state index contributed by atoms with van der Waals surface area (Å²) in [6, 6.07) is 12.0. The summed E-state index contributed by atoms with van der Waals surface area (Å²) in [6.07, 6.45) is 5.31. The molecule has 1 N–H and O–H groups in total. The minimum absolute atomic E-state index is 0.0193. The van der Waals surface area contributed by atoms with Gasteiger partial charge in [0.05, 0.1) is 0 Å². The zero-order valence-corrected chi connectivity index (χ0v) is 16.6. The molecule has 0 unspecified atom stereocenters. The second-order valence-corrected chi connectivity index (χ2v) is 7.34. The molecule has 5 nitrogen and oxygen atoms in total. The average Bonchev–Trinajstić information content (AvgIpc) is 2.71. The molecule has 6 heteroatoms. The number of hydrogen-bond donors (Lipinski definition) is 1. The first-order valence-electron chi connectivity index (χ1n) is 9.52. The molecule has 1 aliphatic carbocycles. The molecule has 2 aromatic rings. The van der Waals surface area contributed by atoms with Crippen molar-refractivity contribution in [3.63, 3.8) is 0 Å². The van der Waals surface area contributed by atoms with E-state index in [9.17, 15) is 9.59 Å². The Morgan fingerprint density at radius 3 is 2.50 bits per heavy atom. The third-order valence-corrected chi connectivity index (χ3v) is 5.25. The van der Waals surface area contributed by atoms with Gasteiger partial charge in [-0.15, -0.1) is 0 Å². The van der Waals surface area contributed by atoms with Crippen LogP contribution in [0.25, 0.3) is 0 Å². The molecule has 0 saturated heterocycles. The number of amides is 1. The number of carbonyl (C=O) groups is 2. The van der Waals surface area contributed by atoms with Crippen molar-refractivity contribution in [3.8, 4) is 5.75 Å². The van der Waals surface area contributed by atoms with E-state index in [1.807, 2.05) is 6.92 Å². The number of anilines is 1. The maximum Gasteiger partial charge on any atom is 0.344 e. The summed E-state index contributed by atoms with van der Waals surface area (Å²) in [5.41, 5.74) is 1.97. The molecule has 28 heavy (non-hydrogen) atoms. The Morgan fingerprint density at radius 2 is 1.79 bits per heavy atom. The van der Waals surface area contributed by atoms with E-state index in [4.69, 9.17) is 21.1 Å². The zero-order chi connectivity index (χ0) is 19.9. The van der Waals surface area contributed by atoms with Crippen molar-refractivity contribution in [3.05, 3.63) is 58.6 Å². The molecule has 0 aliphatic heterocycles. The van der Waals surface area contributed by atoms with Gasteiger partial charge < -0.3 is 14.8 Å². The number of rotatable bonds is 6. The maximum absolute atomic E-state index is 12.4. The van der Waals surface area contributed by atoms with Crippen LogP contribution in [0.2, 0.25) is 5.02 Å². The fourth-order valence-corrected chi connectivity index (χ4v) is 3.36. The van der Waals surface area contributed by atoms with Crippen molar-refractivity contribution in [2.75, 3.05) is 11.9 Å². The second-order valence-electron chi connectivity index (χ2n) is 6.93. The Hall–Kier alpha value is -2.53. The standard InChI is InChI=1S/C22H24ClNO4/c1-15-19(23)8-5-9-20(15)24-22(26)16-10-12-17(13-11-16)27-14-21(25)28-18-6-3-2-4-7-18/h5,8-13,18H,2-4,6-7,14H2,1H3,(H,24,26). The molecule has 0 spiro atoms. The number of ether oxygens (including phenoxy) is 2. The van der Waals surface area contributed by atoms with E-state index in [2.05, 4.69) is 5.32 Å². The first-order chi connectivity index (χ1) is 13.5. The molecule has 2 aromatic carbocycles. The van der Waals surface area contributed by atoms with Crippen LogP contribution in [0, 0.1) is 6.92 Å². The van der Waals surface area contributed by atoms with Gasteiger partial charge in [0.15, 0.2) is 6.61 Å². The number of benzene rings is 2. The number of esters is 1. The molecular formula is C22H24ClNO4. The lowest BCUT2D eigenvalue weighted by molar-refractivity contribution is -0.152. The van der Waals surface area contributed by atoms with Gasteiger partial charge >= 0.3 is 5.97 Å². The number of nitrogens with one attached hydrogen (secondary N) is 1. The smallest absolute Gasteiger partial charge is 0.344 e. The molecule has 0 bridgehead atoms. The molecule has 148 valence electrons. The van der Waals surface area contributed by atoms with Crippen molar-refractivity contribution in [2.24, 2.45) is 0 Å². The average molecular weight is 402 g/mol. The fourth-order valence-electron chi connectivity index (χ4n) is 3.19. The summed E-state index contributed by atoms with van der Waals surface area (Å²) in [7, 11) is 0. The van der Waals surface area contributed by atoms with E-state index < -0.39 is 0 Å². The lowest BCUT2D eigenvalue weighted by atomic mass is 9.98. The van der Waals surface area contributed by atoms with E-state index in [-0.39, 0.29) is 24.6 Å². The van der Waals surface area contributed by atoms with Crippen LogP contribution in [-0.4, -0.2) is 24.6 Å². The van der Waals surface area contributed by atoms with E-state index >= 15 is 0 Å². The van der Waals surface area contributed by atoms with Crippen LogP contribution in [-0.2, 0) is 9.53 Å².